The summed E-state index contributed by atoms with van der Waals surface area (Å²) in [4.78, 5) is 16.1. The van der Waals surface area contributed by atoms with E-state index in [0.717, 1.165) is 22.6 Å². The second-order valence-corrected chi connectivity index (χ2v) is 5.72. The van der Waals surface area contributed by atoms with E-state index in [0.29, 0.717) is 16.6 Å². The van der Waals surface area contributed by atoms with Gasteiger partial charge in [-0.25, -0.2) is 9.78 Å². The Balaban J connectivity index is 2.00. The van der Waals surface area contributed by atoms with E-state index in [1.54, 1.807) is 7.11 Å². The van der Waals surface area contributed by atoms with Crippen molar-refractivity contribution in [2.24, 2.45) is 0 Å². The van der Waals surface area contributed by atoms with Crippen molar-refractivity contribution in [3.8, 4) is 16.3 Å². The predicted octanol–water partition coefficient (Wildman–Crippen LogP) is 4.26. The third-order valence-corrected chi connectivity index (χ3v) is 4.27. The molecule has 0 saturated heterocycles. The molecule has 5 nitrogen and oxygen atoms in total. The van der Waals surface area contributed by atoms with E-state index in [4.69, 9.17) is 4.74 Å². The Morgan fingerprint density at radius 3 is 2.65 bits per heavy atom. The zero-order chi connectivity index (χ0) is 16.2. The third kappa shape index (κ3) is 3.32. The number of carbonyl (C=O) groups is 1. The second-order valence-electron chi connectivity index (χ2n) is 4.72. The van der Waals surface area contributed by atoms with Crippen molar-refractivity contribution in [3.63, 3.8) is 0 Å². The lowest BCUT2D eigenvalue weighted by atomic mass is 10.2. The first-order valence-corrected chi connectivity index (χ1v) is 7.69. The number of anilines is 2. The van der Waals surface area contributed by atoms with Gasteiger partial charge >= 0.3 is 5.97 Å². The molecular weight excluding hydrogens is 312 g/mol. The minimum Gasteiger partial charge on any atom is -0.497 e. The molecular formula is C17H14N2O3S. The molecule has 0 fully saturated rings. The Bertz CT molecular complexity index is 831. The summed E-state index contributed by atoms with van der Waals surface area (Å²) in [6.07, 6.45) is 0. The molecule has 0 spiro atoms. The summed E-state index contributed by atoms with van der Waals surface area (Å²) in [6.45, 7) is 0. The van der Waals surface area contributed by atoms with Gasteiger partial charge < -0.3 is 15.2 Å². The van der Waals surface area contributed by atoms with Crippen molar-refractivity contribution in [1.82, 2.24) is 4.98 Å². The molecule has 3 rings (SSSR count). The maximum Gasteiger partial charge on any atom is 0.349 e. The summed E-state index contributed by atoms with van der Waals surface area (Å²) in [5.74, 6) is 0.0359. The number of thiazole rings is 1. The minimum atomic E-state index is -1.00. The van der Waals surface area contributed by atoms with Gasteiger partial charge in [-0.05, 0) is 24.3 Å². The number of rotatable bonds is 5. The van der Waals surface area contributed by atoms with E-state index in [9.17, 15) is 9.90 Å². The number of nitrogens with one attached hydrogen (secondary N) is 1. The number of para-hydroxylation sites is 1. The zero-order valence-corrected chi connectivity index (χ0v) is 13.1. The van der Waals surface area contributed by atoms with Gasteiger partial charge in [0, 0.05) is 11.3 Å². The average Bonchev–Trinajstić information content (AvgIpc) is 3.00. The minimum absolute atomic E-state index is 0.173. The molecule has 23 heavy (non-hydrogen) atoms. The van der Waals surface area contributed by atoms with Crippen LogP contribution in [0.4, 0.5) is 11.5 Å². The number of hydrogen-bond donors (Lipinski definition) is 2. The lowest BCUT2D eigenvalue weighted by Crippen LogP contribution is -1.99. The van der Waals surface area contributed by atoms with Gasteiger partial charge in [0.1, 0.15) is 10.8 Å². The summed E-state index contributed by atoms with van der Waals surface area (Å²) in [5, 5.41) is 13.1. The number of carboxylic acids is 1. The zero-order valence-electron chi connectivity index (χ0n) is 12.3. The number of ether oxygens (including phenoxy) is 1. The molecule has 0 saturated carbocycles. The summed E-state index contributed by atoms with van der Waals surface area (Å²) >= 11 is 1.13. The lowest BCUT2D eigenvalue weighted by molar-refractivity contribution is 0.0703. The van der Waals surface area contributed by atoms with Crippen LogP contribution >= 0.6 is 11.3 Å². The fourth-order valence-corrected chi connectivity index (χ4v) is 2.94. The lowest BCUT2D eigenvalue weighted by Gasteiger charge is -2.03. The fraction of sp³-hybridized carbons (Fsp3) is 0.0588. The molecule has 0 unspecified atom stereocenters. The molecule has 0 radical (unpaired) electrons. The monoisotopic (exact) mass is 326 g/mol. The van der Waals surface area contributed by atoms with Gasteiger partial charge in [-0.2, -0.15) is 0 Å². The largest absolute Gasteiger partial charge is 0.497 e. The van der Waals surface area contributed by atoms with Gasteiger partial charge in [0.2, 0.25) is 0 Å². The Morgan fingerprint density at radius 2 is 1.96 bits per heavy atom. The maximum absolute atomic E-state index is 11.5. The van der Waals surface area contributed by atoms with Crippen molar-refractivity contribution in [2.75, 3.05) is 12.4 Å². The number of aromatic carboxylic acids is 1. The number of methoxy groups -OCH3 is 1. The quantitative estimate of drug-likeness (QED) is 0.733. The Morgan fingerprint density at radius 1 is 1.17 bits per heavy atom. The van der Waals surface area contributed by atoms with Crippen LogP contribution in [-0.2, 0) is 0 Å². The highest BCUT2D eigenvalue weighted by molar-refractivity contribution is 7.17. The summed E-state index contributed by atoms with van der Waals surface area (Å²) in [6, 6.07) is 16.7. The normalized spacial score (nSPS) is 10.3. The van der Waals surface area contributed by atoms with Crippen molar-refractivity contribution in [3.05, 3.63) is 59.5 Å². The van der Waals surface area contributed by atoms with Gasteiger partial charge in [0.05, 0.1) is 7.11 Å². The van der Waals surface area contributed by atoms with Gasteiger partial charge in [-0.3, -0.25) is 0 Å². The highest BCUT2D eigenvalue weighted by Gasteiger charge is 2.18. The van der Waals surface area contributed by atoms with E-state index in [-0.39, 0.29) is 4.88 Å². The Hall–Kier alpha value is -2.86. The van der Waals surface area contributed by atoms with Crippen LogP contribution < -0.4 is 10.1 Å². The molecule has 1 aromatic heterocycles. The topological polar surface area (TPSA) is 71.5 Å². The molecule has 2 N–H and O–H groups in total. The van der Waals surface area contributed by atoms with Crippen molar-refractivity contribution >= 4 is 28.8 Å². The molecule has 0 aliphatic rings. The molecule has 1 heterocycles. The van der Waals surface area contributed by atoms with Gasteiger partial charge in [0.15, 0.2) is 10.7 Å². The molecule has 0 amide bonds. The van der Waals surface area contributed by atoms with E-state index < -0.39 is 5.97 Å². The first-order chi connectivity index (χ1) is 11.2. The van der Waals surface area contributed by atoms with Crippen molar-refractivity contribution < 1.29 is 14.6 Å². The highest BCUT2D eigenvalue weighted by atomic mass is 32.1. The third-order valence-electron chi connectivity index (χ3n) is 3.17. The summed E-state index contributed by atoms with van der Waals surface area (Å²) in [7, 11) is 1.59. The van der Waals surface area contributed by atoms with Crippen LogP contribution in [0.2, 0.25) is 0 Å². The van der Waals surface area contributed by atoms with Crippen molar-refractivity contribution in [2.45, 2.75) is 0 Å². The van der Waals surface area contributed by atoms with Gasteiger partial charge in [0.25, 0.3) is 0 Å². The highest BCUT2D eigenvalue weighted by Crippen LogP contribution is 2.33. The number of benzene rings is 2. The van der Waals surface area contributed by atoms with Crippen molar-refractivity contribution in [1.29, 1.82) is 0 Å². The summed E-state index contributed by atoms with van der Waals surface area (Å²) in [5.41, 5.74) is 1.61. The molecule has 116 valence electrons. The maximum atomic E-state index is 11.5. The number of hydrogen-bond acceptors (Lipinski definition) is 5. The van der Waals surface area contributed by atoms with E-state index in [2.05, 4.69) is 10.3 Å². The second kappa shape index (κ2) is 6.50. The van der Waals surface area contributed by atoms with E-state index >= 15 is 0 Å². The standard InChI is InChI=1S/C17H14N2O3S/c1-22-13-9-5-6-11(10-13)16-19-15(14(23-16)17(20)21)18-12-7-3-2-4-8-12/h2-10,18H,1H3,(H,20,21). The summed E-state index contributed by atoms with van der Waals surface area (Å²) < 4.78 is 5.20. The fourth-order valence-electron chi connectivity index (χ4n) is 2.09. The number of nitrogens with zero attached hydrogens (tertiary/aromatic N) is 1. The number of carboxylic acid groups (broad SMARTS) is 1. The number of aromatic nitrogens is 1. The molecule has 0 aliphatic carbocycles. The van der Waals surface area contributed by atoms with E-state index in [1.807, 2.05) is 54.6 Å². The first-order valence-electron chi connectivity index (χ1n) is 6.88. The van der Waals surface area contributed by atoms with Gasteiger partial charge in [-0.15, -0.1) is 11.3 Å². The van der Waals surface area contributed by atoms with Crippen LogP contribution in [0.3, 0.4) is 0 Å². The van der Waals surface area contributed by atoms with Crippen LogP contribution in [0.5, 0.6) is 5.75 Å². The van der Waals surface area contributed by atoms with Crippen LogP contribution in [0.1, 0.15) is 9.67 Å². The molecule has 3 aromatic rings. The molecule has 0 atom stereocenters. The molecule has 2 aromatic carbocycles. The molecule has 0 aliphatic heterocycles. The molecule has 6 heteroatoms. The van der Waals surface area contributed by atoms with Crippen LogP contribution in [0.25, 0.3) is 10.6 Å². The van der Waals surface area contributed by atoms with Crippen LogP contribution in [0.15, 0.2) is 54.6 Å². The van der Waals surface area contributed by atoms with E-state index in [1.165, 1.54) is 0 Å². The first kappa shape index (κ1) is 15.1. The predicted molar refractivity (Wildman–Crippen MR) is 90.8 cm³/mol. The molecule has 0 bridgehead atoms. The Kier molecular flexibility index (Phi) is 4.25. The van der Waals surface area contributed by atoms with Crippen LogP contribution in [-0.4, -0.2) is 23.2 Å². The van der Waals surface area contributed by atoms with Gasteiger partial charge in [-0.1, -0.05) is 30.3 Å². The van der Waals surface area contributed by atoms with Crippen LogP contribution in [0, 0.1) is 0 Å². The average molecular weight is 326 g/mol. The SMILES string of the molecule is COc1cccc(-c2nc(Nc3ccccc3)c(C(=O)O)s2)c1. The Labute approximate surface area is 137 Å². The smallest absolute Gasteiger partial charge is 0.349 e.